The Morgan fingerprint density at radius 2 is 1.96 bits per heavy atom. The topological polar surface area (TPSA) is 105 Å². The molecule has 0 bridgehead atoms. The van der Waals surface area contributed by atoms with Crippen LogP contribution in [0.25, 0.3) is 10.9 Å². The lowest BCUT2D eigenvalue weighted by Crippen LogP contribution is -2.41. The zero-order valence-electron chi connectivity index (χ0n) is 16.2. The summed E-state index contributed by atoms with van der Waals surface area (Å²) in [5.41, 5.74) is 2.32. The summed E-state index contributed by atoms with van der Waals surface area (Å²) < 4.78 is 30.7. The molecule has 1 saturated heterocycles. The Balaban J connectivity index is 1.79. The minimum absolute atomic E-state index is 0.0395. The molecule has 10 heteroatoms. The van der Waals surface area contributed by atoms with Crippen LogP contribution < -0.4 is 21.4 Å². The van der Waals surface area contributed by atoms with Crippen LogP contribution in [0, 0.1) is 5.92 Å². The Bertz CT molecular complexity index is 1160. The summed E-state index contributed by atoms with van der Waals surface area (Å²) in [6.07, 6.45) is 1.59. The predicted octanol–water partition coefficient (Wildman–Crippen LogP) is -0.403. The number of aryl methyl sites for hydroxylation is 1. The molecular formula is C18H25N5O4S. The first-order chi connectivity index (χ1) is 13.1. The fourth-order valence-electron chi connectivity index (χ4n) is 3.68. The maximum absolute atomic E-state index is 13.0. The lowest BCUT2D eigenvalue weighted by Gasteiger charge is -2.15. The molecule has 0 spiro atoms. The molecule has 1 aromatic heterocycles. The maximum atomic E-state index is 13.0. The predicted molar refractivity (Wildman–Crippen MR) is 106 cm³/mol. The minimum Gasteiger partial charge on any atom is -0.296 e. The van der Waals surface area contributed by atoms with Crippen molar-refractivity contribution >= 4 is 20.9 Å². The third-order valence-corrected chi connectivity index (χ3v) is 7.27. The highest BCUT2D eigenvalue weighted by molar-refractivity contribution is 7.89. The molecule has 1 atom stereocenters. The smallest absolute Gasteiger partial charge is 0.296 e. The highest BCUT2D eigenvalue weighted by Crippen LogP contribution is 2.36. The van der Waals surface area contributed by atoms with E-state index in [1.54, 1.807) is 7.05 Å². The van der Waals surface area contributed by atoms with Gasteiger partial charge >= 0.3 is 5.69 Å². The van der Waals surface area contributed by atoms with E-state index in [0.29, 0.717) is 12.1 Å². The Morgan fingerprint density at radius 1 is 1.25 bits per heavy atom. The highest BCUT2D eigenvalue weighted by atomic mass is 32.2. The standard InChI is InChI=1S/C18H25N5O4S/c1-18(6-7-18)20-28(26,27)13-4-5-15-14(8-13)16(24)23(17(25)22(15)3)11-12-9-19-21(2)10-12/h4-5,8,12,19-20H,6-7,9-11H2,1-3H3. The number of nitrogens with one attached hydrogen (secondary N) is 2. The highest BCUT2D eigenvalue weighted by Gasteiger charge is 2.41. The van der Waals surface area contributed by atoms with Gasteiger partial charge in [0.2, 0.25) is 10.0 Å². The molecule has 2 fully saturated rings. The maximum Gasteiger partial charge on any atom is 0.331 e. The number of benzene rings is 1. The van der Waals surface area contributed by atoms with Crippen molar-refractivity contribution in [2.45, 2.75) is 36.7 Å². The third-order valence-electron chi connectivity index (χ3n) is 5.64. The van der Waals surface area contributed by atoms with Crippen LogP contribution in [-0.2, 0) is 23.6 Å². The molecule has 1 aliphatic carbocycles. The summed E-state index contributed by atoms with van der Waals surface area (Å²) in [7, 11) is -0.228. The van der Waals surface area contributed by atoms with Gasteiger partial charge in [0.1, 0.15) is 0 Å². The molecule has 152 valence electrons. The number of hydrogen-bond donors (Lipinski definition) is 2. The normalized spacial score (nSPS) is 22.0. The average Bonchev–Trinajstić information content (AvgIpc) is 3.20. The second-order valence-corrected chi connectivity index (χ2v) is 9.89. The van der Waals surface area contributed by atoms with Crippen LogP contribution in [0.3, 0.4) is 0 Å². The van der Waals surface area contributed by atoms with E-state index in [1.807, 2.05) is 19.0 Å². The van der Waals surface area contributed by atoms with Crippen LogP contribution in [0.5, 0.6) is 0 Å². The molecule has 1 aliphatic heterocycles. The first kappa shape index (κ1) is 19.3. The van der Waals surface area contributed by atoms with Gasteiger partial charge < -0.3 is 0 Å². The molecule has 1 saturated carbocycles. The van der Waals surface area contributed by atoms with Gasteiger partial charge in [0.15, 0.2) is 0 Å². The van der Waals surface area contributed by atoms with Crippen LogP contribution in [-0.4, -0.2) is 48.2 Å². The van der Waals surface area contributed by atoms with Gasteiger partial charge in [0, 0.05) is 45.2 Å². The number of hydrazine groups is 1. The van der Waals surface area contributed by atoms with Crippen molar-refractivity contribution in [2.75, 3.05) is 20.1 Å². The van der Waals surface area contributed by atoms with E-state index in [4.69, 9.17) is 0 Å². The molecule has 1 unspecified atom stereocenters. The van der Waals surface area contributed by atoms with Crippen LogP contribution >= 0.6 is 0 Å². The molecule has 2 heterocycles. The minimum atomic E-state index is -3.73. The number of hydrogen-bond acceptors (Lipinski definition) is 6. The third kappa shape index (κ3) is 3.41. The van der Waals surface area contributed by atoms with Crippen molar-refractivity contribution < 1.29 is 8.42 Å². The summed E-state index contributed by atoms with van der Waals surface area (Å²) in [5, 5.41) is 2.15. The van der Waals surface area contributed by atoms with Crippen molar-refractivity contribution in [3.05, 3.63) is 39.0 Å². The number of rotatable bonds is 5. The van der Waals surface area contributed by atoms with Crippen LogP contribution in [0.1, 0.15) is 19.8 Å². The van der Waals surface area contributed by atoms with Crippen LogP contribution in [0.2, 0.25) is 0 Å². The first-order valence-corrected chi connectivity index (χ1v) is 10.8. The Hall–Kier alpha value is -2.01. The lowest BCUT2D eigenvalue weighted by molar-refractivity contribution is 0.305. The van der Waals surface area contributed by atoms with Gasteiger partial charge in [-0.15, -0.1) is 0 Å². The van der Waals surface area contributed by atoms with Gasteiger partial charge in [-0.05, 0) is 38.0 Å². The van der Waals surface area contributed by atoms with E-state index >= 15 is 0 Å². The Morgan fingerprint density at radius 3 is 2.57 bits per heavy atom. The fraction of sp³-hybridized carbons (Fsp3) is 0.556. The second kappa shape index (κ2) is 6.51. The molecular weight excluding hydrogens is 382 g/mol. The molecule has 9 nitrogen and oxygen atoms in total. The van der Waals surface area contributed by atoms with Gasteiger partial charge in [0.25, 0.3) is 5.56 Å². The van der Waals surface area contributed by atoms with Gasteiger partial charge in [-0.2, -0.15) is 0 Å². The summed E-state index contributed by atoms with van der Waals surface area (Å²) in [6, 6.07) is 4.34. The number of aromatic nitrogens is 2. The number of fused-ring (bicyclic) bond motifs is 1. The van der Waals surface area contributed by atoms with E-state index < -0.39 is 26.8 Å². The molecule has 1 aromatic carbocycles. The largest absolute Gasteiger partial charge is 0.331 e. The summed E-state index contributed by atoms with van der Waals surface area (Å²) >= 11 is 0. The van der Waals surface area contributed by atoms with E-state index in [1.165, 1.54) is 27.3 Å². The van der Waals surface area contributed by atoms with Gasteiger partial charge in [-0.3, -0.25) is 19.4 Å². The van der Waals surface area contributed by atoms with Crippen molar-refractivity contribution in [3.8, 4) is 0 Å². The van der Waals surface area contributed by atoms with Crippen LogP contribution in [0.15, 0.2) is 32.7 Å². The molecule has 0 amide bonds. The lowest BCUT2D eigenvalue weighted by atomic mass is 10.1. The van der Waals surface area contributed by atoms with E-state index in [9.17, 15) is 18.0 Å². The number of nitrogens with zero attached hydrogens (tertiary/aromatic N) is 3. The monoisotopic (exact) mass is 407 g/mol. The molecule has 2 aliphatic rings. The van der Waals surface area contributed by atoms with E-state index in [2.05, 4.69) is 10.1 Å². The van der Waals surface area contributed by atoms with E-state index in [-0.39, 0.29) is 22.7 Å². The quantitative estimate of drug-likeness (QED) is 0.699. The van der Waals surface area contributed by atoms with Crippen molar-refractivity contribution in [3.63, 3.8) is 0 Å². The van der Waals surface area contributed by atoms with Crippen molar-refractivity contribution in [1.29, 1.82) is 0 Å². The second-order valence-electron chi connectivity index (χ2n) is 8.21. The Labute approximate surface area is 163 Å². The molecule has 0 radical (unpaired) electrons. The SMILES string of the molecule is CN1CC(Cn2c(=O)c3cc(S(=O)(=O)NC4(C)CC4)ccc3n(C)c2=O)CN1. The first-order valence-electron chi connectivity index (χ1n) is 9.32. The average molecular weight is 407 g/mol. The van der Waals surface area contributed by atoms with Crippen LogP contribution in [0.4, 0.5) is 0 Å². The van der Waals surface area contributed by atoms with Gasteiger partial charge in [-0.25, -0.2) is 22.9 Å². The summed E-state index contributed by atoms with van der Waals surface area (Å²) in [5.74, 6) is 0.122. The van der Waals surface area contributed by atoms with E-state index in [0.717, 1.165) is 19.4 Å². The van der Waals surface area contributed by atoms with Crippen molar-refractivity contribution in [2.24, 2.45) is 13.0 Å². The Kier molecular flexibility index (Phi) is 4.49. The van der Waals surface area contributed by atoms with Crippen molar-refractivity contribution in [1.82, 2.24) is 24.3 Å². The fourth-order valence-corrected chi connectivity index (χ4v) is 5.17. The zero-order valence-corrected chi connectivity index (χ0v) is 17.0. The molecule has 2 N–H and O–H groups in total. The number of sulfonamides is 1. The summed E-state index contributed by atoms with van der Waals surface area (Å²) in [4.78, 5) is 25.8. The summed E-state index contributed by atoms with van der Waals surface area (Å²) in [6.45, 7) is 3.55. The van der Waals surface area contributed by atoms with Gasteiger partial charge in [0.05, 0.1) is 15.8 Å². The molecule has 4 rings (SSSR count). The van der Waals surface area contributed by atoms with Gasteiger partial charge in [-0.1, -0.05) is 0 Å². The molecule has 2 aromatic rings. The molecule has 28 heavy (non-hydrogen) atoms. The zero-order chi connectivity index (χ0) is 20.3.